The van der Waals surface area contributed by atoms with Crippen molar-refractivity contribution >= 4 is 49.8 Å². The fraction of sp³-hybridized carbons (Fsp3) is 0.134. The molecule has 0 aliphatic heterocycles. The van der Waals surface area contributed by atoms with Gasteiger partial charge in [-0.05, 0) is 142 Å². The number of benzene rings is 10. The van der Waals surface area contributed by atoms with E-state index in [1.807, 2.05) is 0 Å². The molecule has 1 spiro atoms. The summed E-state index contributed by atoms with van der Waals surface area (Å²) < 4.78 is 6.86. The van der Waals surface area contributed by atoms with E-state index in [0.29, 0.717) is 0 Å². The van der Waals surface area contributed by atoms with E-state index >= 15 is 0 Å². The first kappa shape index (κ1) is 41.3. The molecule has 2 heteroatoms. The molecule has 0 unspecified atom stereocenters. The van der Waals surface area contributed by atoms with Crippen LogP contribution in [-0.2, 0) is 16.2 Å². The van der Waals surface area contributed by atoms with Crippen molar-refractivity contribution in [1.82, 2.24) is 0 Å². The second-order valence-corrected chi connectivity index (χ2v) is 21.3. The zero-order chi connectivity index (χ0) is 46.8. The number of rotatable bonds is 5. The monoisotopic (exact) mass is 887 g/mol. The third-order valence-electron chi connectivity index (χ3n) is 15.2. The summed E-state index contributed by atoms with van der Waals surface area (Å²) in [5, 5.41) is 4.72. The minimum Gasteiger partial charge on any atom is -0.454 e. The molecule has 0 bridgehead atoms. The average molecular weight is 888 g/mol. The highest BCUT2D eigenvalue weighted by Crippen LogP contribution is 2.64. The maximum absolute atomic E-state index is 6.86. The highest BCUT2D eigenvalue weighted by atomic mass is 16.3. The number of hydrogen-bond donors (Lipinski definition) is 0. The van der Waals surface area contributed by atoms with Gasteiger partial charge in [0.15, 0.2) is 5.58 Å². The predicted molar refractivity (Wildman–Crippen MR) is 290 cm³/mol. The Bertz CT molecular complexity index is 3790. The molecule has 0 fully saturated rings. The topological polar surface area (TPSA) is 16.4 Å². The van der Waals surface area contributed by atoms with E-state index in [1.54, 1.807) is 0 Å². The predicted octanol–water partition coefficient (Wildman–Crippen LogP) is 18.5. The standard InChI is InChI=1S/C67H53NO/c1-65(2,3)46-29-34-52-53-35-30-47(66(4,5)6)40-60(53)67(59(52)39-46)58-37-28-45(51-22-14-19-44-18-10-11-20-50(44)51)38-57(58)54-36-33-49(41-61(54)67)68(48-31-26-43(27-32-48)42-16-8-7-9-17-42)62-24-15-23-56-55-21-12-13-25-63(55)69-64(56)62/h7-41H,1-6H3. The highest BCUT2D eigenvalue weighted by molar-refractivity contribution is 6.10. The van der Waals surface area contributed by atoms with E-state index in [9.17, 15) is 0 Å². The second-order valence-electron chi connectivity index (χ2n) is 21.3. The zero-order valence-corrected chi connectivity index (χ0v) is 40.1. The van der Waals surface area contributed by atoms with Gasteiger partial charge in [0.2, 0.25) is 0 Å². The Morgan fingerprint density at radius 3 is 1.64 bits per heavy atom. The number of anilines is 3. The summed E-state index contributed by atoms with van der Waals surface area (Å²) in [6.07, 6.45) is 0. The lowest BCUT2D eigenvalue weighted by atomic mass is 9.68. The van der Waals surface area contributed by atoms with Gasteiger partial charge < -0.3 is 9.32 Å². The number of hydrogen-bond acceptors (Lipinski definition) is 2. The molecule has 13 rings (SSSR count). The van der Waals surface area contributed by atoms with Gasteiger partial charge in [0.1, 0.15) is 5.58 Å². The minimum absolute atomic E-state index is 0.0557. The molecule has 0 saturated heterocycles. The third-order valence-corrected chi connectivity index (χ3v) is 15.2. The normalized spacial score (nSPS) is 13.5. The number of nitrogens with zero attached hydrogens (tertiary/aromatic N) is 1. The van der Waals surface area contributed by atoms with E-state index in [0.717, 1.165) is 39.0 Å². The molecule has 69 heavy (non-hydrogen) atoms. The molecule has 0 amide bonds. The fourth-order valence-corrected chi connectivity index (χ4v) is 11.7. The lowest BCUT2D eigenvalue weighted by Gasteiger charge is -2.34. The van der Waals surface area contributed by atoms with Crippen LogP contribution in [0.5, 0.6) is 0 Å². The van der Waals surface area contributed by atoms with Crippen molar-refractivity contribution in [2.75, 3.05) is 4.90 Å². The lowest BCUT2D eigenvalue weighted by molar-refractivity contribution is 0.586. The van der Waals surface area contributed by atoms with Crippen molar-refractivity contribution in [3.05, 3.63) is 246 Å². The molecule has 2 aliphatic rings. The maximum atomic E-state index is 6.86. The van der Waals surface area contributed by atoms with Crippen molar-refractivity contribution in [2.24, 2.45) is 0 Å². The van der Waals surface area contributed by atoms with Gasteiger partial charge in [-0.3, -0.25) is 0 Å². The van der Waals surface area contributed by atoms with Crippen LogP contribution in [0.4, 0.5) is 17.1 Å². The second kappa shape index (κ2) is 15.0. The van der Waals surface area contributed by atoms with Crippen LogP contribution in [0.15, 0.2) is 217 Å². The summed E-state index contributed by atoms with van der Waals surface area (Å²) in [6, 6.07) is 79.4. The van der Waals surface area contributed by atoms with E-state index in [-0.39, 0.29) is 10.8 Å². The molecule has 1 heterocycles. The van der Waals surface area contributed by atoms with Gasteiger partial charge in [0, 0.05) is 22.1 Å². The van der Waals surface area contributed by atoms with E-state index in [1.165, 1.54) is 88.7 Å². The first-order valence-electron chi connectivity index (χ1n) is 24.4. The smallest absolute Gasteiger partial charge is 0.159 e. The van der Waals surface area contributed by atoms with Gasteiger partial charge in [-0.15, -0.1) is 0 Å². The molecular formula is C67H53NO. The molecule has 10 aromatic carbocycles. The molecule has 0 atom stereocenters. The summed E-state index contributed by atoms with van der Waals surface area (Å²) in [7, 11) is 0. The van der Waals surface area contributed by atoms with Crippen LogP contribution in [-0.4, -0.2) is 0 Å². The molecule has 11 aromatic rings. The number of furan rings is 1. The van der Waals surface area contributed by atoms with Crippen LogP contribution in [0.3, 0.4) is 0 Å². The summed E-state index contributed by atoms with van der Waals surface area (Å²) in [5.41, 5.74) is 22.2. The average Bonchev–Trinajstić information content (AvgIpc) is 4.00. The van der Waals surface area contributed by atoms with Gasteiger partial charge in [0.05, 0.1) is 11.1 Å². The van der Waals surface area contributed by atoms with Crippen LogP contribution in [0, 0.1) is 0 Å². The Balaban J connectivity index is 1.12. The van der Waals surface area contributed by atoms with E-state index in [2.05, 4.69) is 259 Å². The van der Waals surface area contributed by atoms with E-state index < -0.39 is 5.41 Å². The van der Waals surface area contributed by atoms with Gasteiger partial charge in [0.25, 0.3) is 0 Å². The Hall–Kier alpha value is -7.94. The SMILES string of the molecule is CC(C)(C)c1ccc2c(c1)C1(c3ccc(-c4cccc5ccccc45)cc3-c3ccc(N(c4ccc(-c5ccccc5)cc4)c4cccc5c4oc4ccccc45)cc31)c1cc(C(C)(C)C)ccc1-2. The highest BCUT2D eigenvalue weighted by Gasteiger charge is 2.52. The fourth-order valence-electron chi connectivity index (χ4n) is 11.7. The van der Waals surface area contributed by atoms with Crippen molar-refractivity contribution in [1.29, 1.82) is 0 Å². The summed E-state index contributed by atoms with van der Waals surface area (Å²) >= 11 is 0. The van der Waals surface area contributed by atoms with Crippen LogP contribution in [0.25, 0.3) is 77.2 Å². The Morgan fingerprint density at radius 1 is 0.362 bits per heavy atom. The van der Waals surface area contributed by atoms with Crippen molar-refractivity contribution < 1.29 is 4.42 Å². The lowest BCUT2D eigenvalue weighted by Crippen LogP contribution is -2.27. The van der Waals surface area contributed by atoms with Crippen LogP contribution in [0.1, 0.15) is 74.9 Å². The largest absolute Gasteiger partial charge is 0.454 e. The van der Waals surface area contributed by atoms with Gasteiger partial charge >= 0.3 is 0 Å². The molecule has 0 radical (unpaired) electrons. The molecule has 332 valence electrons. The minimum atomic E-state index is -0.598. The first-order chi connectivity index (χ1) is 33.5. The Labute approximate surface area is 405 Å². The Morgan fingerprint density at radius 2 is 0.913 bits per heavy atom. The van der Waals surface area contributed by atoms with Crippen molar-refractivity contribution in [3.63, 3.8) is 0 Å². The first-order valence-corrected chi connectivity index (χ1v) is 24.4. The van der Waals surface area contributed by atoms with Crippen LogP contribution in [0.2, 0.25) is 0 Å². The molecule has 0 N–H and O–H groups in total. The van der Waals surface area contributed by atoms with Crippen molar-refractivity contribution in [3.8, 4) is 44.5 Å². The molecular weight excluding hydrogens is 835 g/mol. The molecule has 2 aliphatic carbocycles. The Kier molecular flexibility index (Phi) is 8.99. The van der Waals surface area contributed by atoms with Crippen molar-refractivity contribution in [2.45, 2.75) is 57.8 Å². The van der Waals surface area contributed by atoms with Gasteiger partial charge in [-0.2, -0.15) is 0 Å². The summed E-state index contributed by atoms with van der Waals surface area (Å²) in [5.74, 6) is 0. The molecule has 0 saturated carbocycles. The number of fused-ring (bicyclic) bond motifs is 14. The van der Waals surface area contributed by atoms with Gasteiger partial charge in [-0.25, -0.2) is 0 Å². The number of para-hydroxylation sites is 2. The van der Waals surface area contributed by atoms with Gasteiger partial charge in [-0.1, -0.05) is 211 Å². The van der Waals surface area contributed by atoms with Crippen LogP contribution >= 0.6 is 0 Å². The molecule has 1 aromatic heterocycles. The van der Waals surface area contributed by atoms with E-state index in [4.69, 9.17) is 4.42 Å². The van der Waals surface area contributed by atoms with Crippen LogP contribution < -0.4 is 4.90 Å². The zero-order valence-electron chi connectivity index (χ0n) is 40.1. The third kappa shape index (κ3) is 6.24. The molecule has 2 nitrogen and oxygen atoms in total. The summed E-state index contributed by atoms with van der Waals surface area (Å²) in [6.45, 7) is 14.0. The maximum Gasteiger partial charge on any atom is 0.159 e. The quantitative estimate of drug-likeness (QED) is 0.171. The summed E-state index contributed by atoms with van der Waals surface area (Å²) in [4.78, 5) is 2.42.